The lowest BCUT2D eigenvalue weighted by Gasteiger charge is -2.37. The number of hydrogen-bond acceptors (Lipinski definition) is 3. The van der Waals surface area contributed by atoms with Gasteiger partial charge in [0.1, 0.15) is 0 Å². The van der Waals surface area contributed by atoms with Crippen LogP contribution in [0.3, 0.4) is 0 Å². The maximum absolute atomic E-state index is 12.4. The second kappa shape index (κ2) is 4.95. The summed E-state index contributed by atoms with van der Waals surface area (Å²) >= 11 is 0. The molecule has 0 saturated carbocycles. The molecule has 4 heteroatoms. The van der Waals surface area contributed by atoms with E-state index in [1.807, 2.05) is 24.3 Å². The van der Waals surface area contributed by atoms with Crippen LogP contribution in [0.15, 0.2) is 67.0 Å². The molecule has 1 fully saturated rings. The van der Waals surface area contributed by atoms with E-state index in [1.165, 1.54) is 18.0 Å². The summed E-state index contributed by atoms with van der Waals surface area (Å²) in [5, 5.41) is 11.3. The van der Waals surface area contributed by atoms with Crippen LogP contribution in [0.1, 0.15) is 18.9 Å². The van der Waals surface area contributed by atoms with Crippen molar-refractivity contribution in [1.29, 1.82) is 0 Å². The van der Waals surface area contributed by atoms with E-state index in [1.54, 1.807) is 18.2 Å². The van der Waals surface area contributed by atoms with Gasteiger partial charge in [-0.05, 0) is 18.1 Å². The molecule has 4 nitrogen and oxygen atoms in total. The number of pyridine rings is 1. The minimum Gasteiger partial charge on any atom is -0.619 e. The minimum absolute atomic E-state index is 0.107. The van der Waals surface area contributed by atoms with E-state index >= 15 is 0 Å². The molecular formula is C19H18N2O2. The Bertz CT molecular complexity index is 770. The van der Waals surface area contributed by atoms with Crippen molar-refractivity contribution >= 4 is 11.5 Å². The Morgan fingerprint density at radius 2 is 1.87 bits per heavy atom. The van der Waals surface area contributed by atoms with Gasteiger partial charge in [-0.1, -0.05) is 43.3 Å². The fraction of sp³-hybridized carbons (Fsp3) is 0.263. The first-order chi connectivity index (χ1) is 11.1. The third kappa shape index (κ3) is 2.05. The Morgan fingerprint density at radius 3 is 2.57 bits per heavy atom. The van der Waals surface area contributed by atoms with E-state index in [0.717, 1.165) is 16.8 Å². The van der Waals surface area contributed by atoms with Gasteiger partial charge in [-0.3, -0.25) is 4.79 Å². The summed E-state index contributed by atoms with van der Waals surface area (Å²) < 4.78 is 0.767. The zero-order chi connectivity index (χ0) is 16.0. The zero-order valence-corrected chi connectivity index (χ0v) is 12.9. The molecule has 3 atom stereocenters. The Labute approximate surface area is 135 Å². The molecule has 23 heavy (non-hydrogen) atoms. The van der Waals surface area contributed by atoms with Crippen LogP contribution in [0.4, 0.5) is 5.69 Å². The molecule has 2 aliphatic rings. The lowest BCUT2D eigenvalue weighted by molar-refractivity contribution is -0.605. The van der Waals surface area contributed by atoms with E-state index in [2.05, 4.69) is 24.0 Å². The van der Waals surface area contributed by atoms with Crippen molar-refractivity contribution in [2.45, 2.75) is 30.8 Å². The maximum Gasteiger partial charge on any atom is 0.182 e. The van der Waals surface area contributed by atoms with Crippen LogP contribution in [0.2, 0.25) is 0 Å². The average molecular weight is 306 g/mol. The molecule has 2 aliphatic heterocycles. The van der Waals surface area contributed by atoms with Crippen LogP contribution in [0, 0.1) is 5.21 Å². The minimum atomic E-state index is -0.169. The van der Waals surface area contributed by atoms with E-state index in [0.29, 0.717) is 0 Å². The monoisotopic (exact) mass is 306 g/mol. The van der Waals surface area contributed by atoms with Gasteiger partial charge in [0, 0.05) is 23.2 Å². The van der Waals surface area contributed by atoms with E-state index < -0.39 is 0 Å². The van der Waals surface area contributed by atoms with E-state index in [9.17, 15) is 10.0 Å². The molecule has 2 bridgehead atoms. The van der Waals surface area contributed by atoms with Gasteiger partial charge < -0.3 is 10.1 Å². The summed E-state index contributed by atoms with van der Waals surface area (Å²) in [5.41, 5.74) is 2.04. The van der Waals surface area contributed by atoms with Crippen LogP contribution in [-0.4, -0.2) is 17.9 Å². The standard InChI is InChI=1S/C19H18N2O2/c1-19(14-5-3-2-4-6-14)13-16-17(22)7-8-18(19)21(16)15-9-11-20(23)12-10-15/h2-12,16,18H,13H2,1H3. The molecule has 116 valence electrons. The quantitative estimate of drug-likeness (QED) is 0.632. The molecule has 0 spiro atoms. The largest absolute Gasteiger partial charge is 0.619 e. The van der Waals surface area contributed by atoms with Crippen LogP contribution in [0.25, 0.3) is 0 Å². The number of rotatable bonds is 2. The predicted octanol–water partition coefficient (Wildman–Crippen LogP) is 2.36. The van der Waals surface area contributed by atoms with Gasteiger partial charge >= 0.3 is 0 Å². The highest BCUT2D eigenvalue weighted by molar-refractivity contribution is 5.99. The van der Waals surface area contributed by atoms with Gasteiger partial charge in [-0.15, -0.1) is 0 Å². The fourth-order valence-corrected chi connectivity index (χ4v) is 3.99. The van der Waals surface area contributed by atoms with Gasteiger partial charge in [-0.25, -0.2) is 0 Å². The van der Waals surface area contributed by atoms with Crippen molar-refractivity contribution in [2.75, 3.05) is 4.90 Å². The van der Waals surface area contributed by atoms with Crippen molar-refractivity contribution in [3.05, 3.63) is 77.8 Å². The lowest BCUT2D eigenvalue weighted by Crippen LogP contribution is -2.46. The van der Waals surface area contributed by atoms with Crippen molar-refractivity contribution in [3.63, 3.8) is 0 Å². The summed E-state index contributed by atoms with van der Waals surface area (Å²) in [6.45, 7) is 2.22. The van der Waals surface area contributed by atoms with Gasteiger partial charge in [0.25, 0.3) is 0 Å². The Hall–Kier alpha value is -2.62. The Morgan fingerprint density at radius 1 is 1.17 bits per heavy atom. The van der Waals surface area contributed by atoms with Crippen molar-refractivity contribution in [1.82, 2.24) is 0 Å². The van der Waals surface area contributed by atoms with Gasteiger partial charge in [-0.2, -0.15) is 4.73 Å². The van der Waals surface area contributed by atoms with Crippen molar-refractivity contribution in [3.8, 4) is 0 Å². The molecule has 1 aromatic heterocycles. The second-order valence-electron chi connectivity index (χ2n) is 6.53. The molecule has 4 rings (SSSR count). The van der Waals surface area contributed by atoms with Crippen LogP contribution < -0.4 is 9.63 Å². The average Bonchev–Trinajstić information content (AvgIpc) is 2.81. The molecule has 0 radical (unpaired) electrons. The van der Waals surface area contributed by atoms with Gasteiger partial charge in [0.2, 0.25) is 0 Å². The summed E-state index contributed by atoms with van der Waals surface area (Å²) in [7, 11) is 0. The summed E-state index contributed by atoms with van der Waals surface area (Å²) in [6, 6.07) is 13.9. The molecule has 0 aliphatic carbocycles. The number of aromatic nitrogens is 1. The first-order valence-corrected chi connectivity index (χ1v) is 7.84. The molecular weight excluding hydrogens is 288 g/mol. The number of hydrogen-bond donors (Lipinski definition) is 0. The fourth-order valence-electron chi connectivity index (χ4n) is 3.99. The Kier molecular flexibility index (Phi) is 3.01. The van der Waals surface area contributed by atoms with E-state index in [4.69, 9.17) is 0 Å². The van der Waals surface area contributed by atoms with Crippen LogP contribution >= 0.6 is 0 Å². The molecule has 0 amide bonds. The third-order valence-electron chi connectivity index (χ3n) is 5.19. The molecule has 2 aromatic rings. The number of carbonyl (C=O) groups is 1. The number of nitrogens with zero attached hydrogens (tertiary/aromatic N) is 2. The smallest absolute Gasteiger partial charge is 0.182 e. The molecule has 0 N–H and O–H groups in total. The van der Waals surface area contributed by atoms with E-state index in [-0.39, 0.29) is 23.3 Å². The molecule has 3 unspecified atom stereocenters. The first-order valence-electron chi connectivity index (χ1n) is 7.84. The molecule has 3 heterocycles. The Balaban J connectivity index is 1.81. The van der Waals surface area contributed by atoms with Gasteiger partial charge in [0.05, 0.1) is 12.1 Å². The van der Waals surface area contributed by atoms with Gasteiger partial charge in [0.15, 0.2) is 18.2 Å². The first kappa shape index (κ1) is 14.0. The summed E-state index contributed by atoms with van der Waals surface area (Å²) in [5.74, 6) is 0.139. The normalized spacial score (nSPS) is 29.1. The van der Waals surface area contributed by atoms with Crippen LogP contribution in [-0.2, 0) is 10.2 Å². The highest BCUT2D eigenvalue weighted by Gasteiger charge is 2.53. The lowest BCUT2D eigenvalue weighted by atomic mass is 9.76. The number of fused-ring (bicyclic) bond motifs is 2. The summed E-state index contributed by atoms with van der Waals surface area (Å²) in [4.78, 5) is 14.6. The summed E-state index contributed by atoms with van der Waals surface area (Å²) in [6.07, 6.45) is 7.47. The zero-order valence-electron chi connectivity index (χ0n) is 12.9. The topological polar surface area (TPSA) is 47.2 Å². The number of anilines is 1. The SMILES string of the molecule is CC1(c2ccccc2)CC2C(=O)C=CC1N2c1cc[n+]([O-])cc1. The maximum atomic E-state index is 12.4. The molecule has 1 saturated heterocycles. The third-order valence-corrected chi connectivity index (χ3v) is 5.19. The van der Waals surface area contributed by atoms with Crippen LogP contribution in [0.5, 0.6) is 0 Å². The number of carbonyl (C=O) groups excluding carboxylic acids is 1. The highest BCUT2D eigenvalue weighted by atomic mass is 16.5. The number of benzene rings is 1. The predicted molar refractivity (Wildman–Crippen MR) is 88.0 cm³/mol. The van der Waals surface area contributed by atoms with Crippen molar-refractivity contribution < 1.29 is 9.52 Å². The molecule has 1 aromatic carbocycles. The van der Waals surface area contributed by atoms with Crippen molar-refractivity contribution in [2.24, 2.45) is 0 Å². The highest BCUT2D eigenvalue weighted by Crippen LogP contribution is 2.47. The second-order valence-corrected chi connectivity index (χ2v) is 6.53. The number of ketones is 1.